The van der Waals surface area contributed by atoms with Crippen LogP contribution in [-0.4, -0.2) is 22.0 Å². The van der Waals surface area contributed by atoms with Gasteiger partial charge in [-0.2, -0.15) is 4.98 Å². The molecule has 0 bridgehead atoms. The van der Waals surface area contributed by atoms with E-state index in [9.17, 15) is 10.1 Å². The van der Waals surface area contributed by atoms with Crippen molar-refractivity contribution in [3.05, 3.63) is 52.3 Å². The van der Waals surface area contributed by atoms with E-state index in [2.05, 4.69) is 15.3 Å². The molecule has 0 aliphatic rings. The van der Waals surface area contributed by atoms with Crippen molar-refractivity contribution in [3.63, 3.8) is 0 Å². The molecule has 0 aliphatic heterocycles. The fourth-order valence-electron chi connectivity index (χ4n) is 1.71. The number of aromatic nitrogens is 2. The van der Waals surface area contributed by atoms with Crippen LogP contribution < -0.4 is 10.1 Å². The summed E-state index contributed by atoms with van der Waals surface area (Å²) in [6, 6.07) is 8.10. The summed E-state index contributed by atoms with van der Waals surface area (Å²) in [5, 5.41) is 14.0. The number of ether oxygens (including phenoxy) is 1. The third-order valence-electron chi connectivity index (χ3n) is 2.74. The highest BCUT2D eigenvalue weighted by Gasteiger charge is 2.19. The van der Waals surface area contributed by atoms with Crippen LogP contribution in [0.3, 0.4) is 0 Å². The summed E-state index contributed by atoms with van der Waals surface area (Å²) in [5.74, 6) is 0.471. The maximum Gasteiger partial charge on any atom is 0.311 e. The van der Waals surface area contributed by atoms with Gasteiger partial charge in [0.05, 0.1) is 23.8 Å². The van der Waals surface area contributed by atoms with Gasteiger partial charge in [-0.1, -0.05) is 6.07 Å². The van der Waals surface area contributed by atoms with Crippen molar-refractivity contribution in [1.82, 2.24) is 9.97 Å². The lowest BCUT2D eigenvalue weighted by Crippen LogP contribution is -2.11. The summed E-state index contributed by atoms with van der Waals surface area (Å²) in [7, 11) is 1.46. The summed E-state index contributed by atoms with van der Waals surface area (Å²) >= 11 is 0. The summed E-state index contributed by atoms with van der Waals surface area (Å²) in [6.07, 6.45) is 1.67. The van der Waals surface area contributed by atoms with Crippen LogP contribution in [0.4, 0.5) is 11.5 Å². The monoisotopic (exact) mass is 274 g/mol. The Labute approximate surface area is 115 Å². The Morgan fingerprint density at radius 2 is 2.15 bits per heavy atom. The second-order valence-corrected chi connectivity index (χ2v) is 4.10. The minimum atomic E-state index is -0.486. The highest BCUT2D eigenvalue weighted by molar-refractivity contribution is 5.57. The average Bonchev–Trinajstić information content (AvgIpc) is 2.47. The fourth-order valence-corrected chi connectivity index (χ4v) is 1.71. The molecule has 1 atom stereocenters. The molecule has 20 heavy (non-hydrogen) atoms. The maximum atomic E-state index is 11.0. The molecule has 0 aliphatic carbocycles. The van der Waals surface area contributed by atoms with Crippen LogP contribution in [0.5, 0.6) is 5.88 Å². The van der Waals surface area contributed by atoms with Gasteiger partial charge in [-0.25, -0.2) is 0 Å². The Morgan fingerprint density at radius 1 is 1.35 bits per heavy atom. The number of nitro groups is 1. The number of rotatable bonds is 5. The summed E-state index contributed by atoms with van der Waals surface area (Å²) in [5.41, 5.74) is 0.667. The number of hydrogen-bond donors (Lipinski definition) is 1. The van der Waals surface area contributed by atoms with E-state index >= 15 is 0 Å². The number of pyridine rings is 2. The van der Waals surface area contributed by atoms with Gasteiger partial charge >= 0.3 is 5.69 Å². The van der Waals surface area contributed by atoms with E-state index in [-0.39, 0.29) is 17.5 Å². The lowest BCUT2D eigenvalue weighted by molar-refractivity contribution is -0.384. The van der Waals surface area contributed by atoms with E-state index < -0.39 is 4.92 Å². The lowest BCUT2D eigenvalue weighted by atomic mass is 10.2. The van der Waals surface area contributed by atoms with E-state index in [1.807, 2.05) is 25.1 Å². The van der Waals surface area contributed by atoms with Gasteiger partial charge < -0.3 is 10.1 Å². The van der Waals surface area contributed by atoms with E-state index in [1.54, 1.807) is 6.20 Å². The van der Waals surface area contributed by atoms with Gasteiger partial charge in [-0.05, 0) is 19.1 Å². The molecule has 2 aromatic rings. The molecule has 0 fully saturated rings. The first kappa shape index (κ1) is 13.7. The van der Waals surface area contributed by atoms with Crippen molar-refractivity contribution >= 4 is 11.5 Å². The first-order chi connectivity index (χ1) is 9.61. The van der Waals surface area contributed by atoms with Crippen molar-refractivity contribution in [2.75, 3.05) is 12.4 Å². The number of methoxy groups -OCH3 is 1. The summed E-state index contributed by atoms with van der Waals surface area (Å²) in [6.45, 7) is 1.85. The third-order valence-corrected chi connectivity index (χ3v) is 2.74. The first-order valence-corrected chi connectivity index (χ1v) is 5.98. The zero-order valence-corrected chi connectivity index (χ0v) is 11.1. The van der Waals surface area contributed by atoms with Crippen LogP contribution in [0.15, 0.2) is 36.5 Å². The lowest BCUT2D eigenvalue weighted by Gasteiger charge is -2.14. The molecule has 7 nitrogen and oxygen atoms in total. The third kappa shape index (κ3) is 3.00. The Bertz CT molecular complexity index is 604. The largest absolute Gasteiger partial charge is 0.481 e. The van der Waals surface area contributed by atoms with Crippen LogP contribution >= 0.6 is 0 Å². The Hall–Kier alpha value is -2.70. The van der Waals surface area contributed by atoms with Crippen molar-refractivity contribution in [1.29, 1.82) is 0 Å². The van der Waals surface area contributed by atoms with Crippen LogP contribution in [-0.2, 0) is 0 Å². The Morgan fingerprint density at radius 3 is 2.75 bits per heavy atom. The highest BCUT2D eigenvalue weighted by atomic mass is 16.6. The molecule has 104 valence electrons. The molecule has 0 aromatic carbocycles. The molecular weight excluding hydrogens is 260 g/mol. The predicted molar refractivity (Wildman–Crippen MR) is 73.7 cm³/mol. The second kappa shape index (κ2) is 5.96. The zero-order chi connectivity index (χ0) is 14.5. The highest BCUT2D eigenvalue weighted by Crippen LogP contribution is 2.27. The Balaban J connectivity index is 2.29. The van der Waals surface area contributed by atoms with Crippen LogP contribution in [0.2, 0.25) is 0 Å². The first-order valence-electron chi connectivity index (χ1n) is 5.98. The molecule has 1 N–H and O–H groups in total. The molecule has 7 heteroatoms. The average molecular weight is 274 g/mol. The normalized spacial score (nSPS) is 11.7. The molecule has 0 amide bonds. The smallest absolute Gasteiger partial charge is 0.311 e. The van der Waals surface area contributed by atoms with E-state index in [0.717, 1.165) is 5.69 Å². The zero-order valence-electron chi connectivity index (χ0n) is 11.1. The minimum Gasteiger partial charge on any atom is -0.481 e. The SMILES string of the molecule is COc1ccc([N+](=O)[O-])c(NC(C)c2ccccn2)n1. The molecule has 2 heterocycles. The van der Waals surface area contributed by atoms with Crippen molar-refractivity contribution < 1.29 is 9.66 Å². The van der Waals surface area contributed by atoms with Crippen LogP contribution in [0.25, 0.3) is 0 Å². The number of anilines is 1. The molecule has 0 spiro atoms. The molecule has 0 saturated carbocycles. The predicted octanol–water partition coefficient (Wildman–Crippen LogP) is 2.57. The molecule has 2 aromatic heterocycles. The van der Waals surface area contributed by atoms with Gasteiger partial charge in [0.1, 0.15) is 0 Å². The van der Waals surface area contributed by atoms with Gasteiger partial charge in [0, 0.05) is 18.3 Å². The second-order valence-electron chi connectivity index (χ2n) is 4.10. The quantitative estimate of drug-likeness (QED) is 0.665. The van der Waals surface area contributed by atoms with E-state index in [4.69, 9.17) is 4.74 Å². The molecule has 1 unspecified atom stereocenters. The molecule has 0 saturated heterocycles. The molecule has 2 rings (SSSR count). The summed E-state index contributed by atoms with van der Waals surface area (Å²) < 4.78 is 4.99. The fraction of sp³-hybridized carbons (Fsp3) is 0.231. The van der Waals surface area contributed by atoms with Crippen LogP contribution in [0.1, 0.15) is 18.7 Å². The number of nitrogens with one attached hydrogen (secondary N) is 1. The number of hydrogen-bond acceptors (Lipinski definition) is 6. The van der Waals surface area contributed by atoms with Gasteiger partial charge in [0.25, 0.3) is 0 Å². The molecule has 0 radical (unpaired) electrons. The van der Waals surface area contributed by atoms with Gasteiger partial charge in [-0.15, -0.1) is 0 Å². The minimum absolute atomic E-state index is 0.103. The van der Waals surface area contributed by atoms with Crippen molar-refractivity contribution in [2.24, 2.45) is 0 Å². The molecular formula is C13H14N4O3. The topological polar surface area (TPSA) is 90.2 Å². The number of nitrogens with zero attached hydrogens (tertiary/aromatic N) is 3. The standard InChI is InChI=1S/C13H14N4O3/c1-9(10-5-3-4-8-14-10)15-13-11(17(18)19)6-7-12(16-13)20-2/h3-9H,1-2H3,(H,15,16). The van der Waals surface area contributed by atoms with Gasteiger partial charge in [0.15, 0.2) is 0 Å². The van der Waals surface area contributed by atoms with Gasteiger partial charge in [0.2, 0.25) is 11.7 Å². The Kier molecular flexibility index (Phi) is 4.09. The van der Waals surface area contributed by atoms with Crippen molar-refractivity contribution in [3.8, 4) is 5.88 Å². The maximum absolute atomic E-state index is 11.0. The summed E-state index contributed by atoms with van der Waals surface area (Å²) in [4.78, 5) is 18.8. The van der Waals surface area contributed by atoms with E-state index in [1.165, 1.54) is 19.2 Å². The van der Waals surface area contributed by atoms with E-state index in [0.29, 0.717) is 5.88 Å². The van der Waals surface area contributed by atoms with Gasteiger partial charge in [-0.3, -0.25) is 15.1 Å². The van der Waals surface area contributed by atoms with Crippen LogP contribution in [0, 0.1) is 10.1 Å². The van der Waals surface area contributed by atoms with Crippen molar-refractivity contribution in [2.45, 2.75) is 13.0 Å².